The van der Waals surface area contributed by atoms with E-state index < -0.39 is 11.9 Å². The highest BCUT2D eigenvalue weighted by Crippen LogP contribution is 2.20. The number of benzene rings is 1. The van der Waals surface area contributed by atoms with Crippen molar-refractivity contribution in [2.45, 2.75) is 12.8 Å². The monoisotopic (exact) mass is 299 g/mol. The second kappa shape index (κ2) is 6.01. The first kappa shape index (κ1) is 14.3. The van der Waals surface area contributed by atoms with Gasteiger partial charge in [-0.25, -0.2) is 4.98 Å². The molecule has 3 rings (SSSR count). The number of imidazole rings is 1. The summed E-state index contributed by atoms with van der Waals surface area (Å²) in [6.45, 7) is 0.844. The fourth-order valence-corrected chi connectivity index (χ4v) is 2.77. The SMILES string of the molecule is O=C(O)[C@@H]1CCCN(C(=O)c2cncn2-c2ccccc2)C1. The van der Waals surface area contributed by atoms with Crippen molar-refractivity contribution in [3.63, 3.8) is 0 Å². The number of nitrogens with zero attached hydrogens (tertiary/aromatic N) is 3. The van der Waals surface area contributed by atoms with Gasteiger partial charge in [-0.2, -0.15) is 0 Å². The Bertz CT molecular complexity index is 681. The highest BCUT2D eigenvalue weighted by molar-refractivity contribution is 5.93. The maximum atomic E-state index is 12.7. The fourth-order valence-electron chi connectivity index (χ4n) is 2.77. The summed E-state index contributed by atoms with van der Waals surface area (Å²) in [5.74, 6) is -1.49. The molecule has 1 aliphatic heterocycles. The van der Waals surface area contributed by atoms with Gasteiger partial charge in [0.1, 0.15) is 5.69 Å². The van der Waals surface area contributed by atoms with Crippen molar-refractivity contribution in [2.24, 2.45) is 5.92 Å². The molecular formula is C16H17N3O3. The number of rotatable bonds is 3. The molecule has 1 atom stereocenters. The summed E-state index contributed by atoms with van der Waals surface area (Å²) in [4.78, 5) is 29.5. The van der Waals surface area contributed by atoms with E-state index >= 15 is 0 Å². The van der Waals surface area contributed by atoms with Gasteiger partial charge in [0.2, 0.25) is 0 Å². The topological polar surface area (TPSA) is 75.4 Å². The van der Waals surface area contributed by atoms with E-state index in [1.165, 1.54) is 6.20 Å². The molecule has 0 bridgehead atoms. The predicted octanol–water partition coefficient (Wildman–Crippen LogP) is 1.81. The van der Waals surface area contributed by atoms with E-state index in [1.54, 1.807) is 15.8 Å². The highest BCUT2D eigenvalue weighted by Gasteiger charge is 2.30. The number of aliphatic carboxylic acids is 1. The molecule has 0 unspecified atom stereocenters. The maximum absolute atomic E-state index is 12.7. The minimum Gasteiger partial charge on any atom is -0.481 e. The zero-order valence-corrected chi connectivity index (χ0v) is 12.1. The van der Waals surface area contributed by atoms with Gasteiger partial charge in [0.05, 0.1) is 18.4 Å². The number of para-hydroxylation sites is 1. The second-order valence-corrected chi connectivity index (χ2v) is 5.41. The molecule has 1 fully saturated rings. The molecule has 2 heterocycles. The average Bonchev–Trinajstić information content (AvgIpc) is 3.04. The van der Waals surface area contributed by atoms with Gasteiger partial charge >= 0.3 is 5.97 Å². The maximum Gasteiger partial charge on any atom is 0.308 e. The molecule has 22 heavy (non-hydrogen) atoms. The van der Waals surface area contributed by atoms with E-state index in [4.69, 9.17) is 5.11 Å². The molecule has 1 N–H and O–H groups in total. The number of carboxylic acid groups (broad SMARTS) is 1. The molecule has 1 aromatic carbocycles. The lowest BCUT2D eigenvalue weighted by molar-refractivity contribution is -0.143. The lowest BCUT2D eigenvalue weighted by Gasteiger charge is -2.30. The van der Waals surface area contributed by atoms with Gasteiger partial charge in [-0.3, -0.25) is 14.2 Å². The van der Waals surface area contributed by atoms with Crippen molar-refractivity contribution in [1.29, 1.82) is 0 Å². The van der Waals surface area contributed by atoms with Gasteiger partial charge in [0.25, 0.3) is 5.91 Å². The van der Waals surface area contributed by atoms with E-state index in [0.717, 1.165) is 5.69 Å². The van der Waals surface area contributed by atoms with Crippen molar-refractivity contribution < 1.29 is 14.7 Å². The quantitative estimate of drug-likeness (QED) is 0.938. The van der Waals surface area contributed by atoms with Crippen LogP contribution in [0.2, 0.25) is 0 Å². The molecule has 6 heteroatoms. The Morgan fingerprint density at radius 1 is 1.23 bits per heavy atom. The Labute approximate surface area is 128 Å². The van der Waals surface area contributed by atoms with Crippen LogP contribution in [0, 0.1) is 5.92 Å². The first-order valence-corrected chi connectivity index (χ1v) is 7.26. The minimum absolute atomic E-state index is 0.174. The van der Waals surface area contributed by atoms with Crippen molar-refractivity contribution in [1.82, 2.24) is 14.5 Å². The van der Waals surface area contributed by atoms with Gasteiger partial charge in [0.15, 0.2) is 0 Å². The Hall–Kier alpha value is -2.63. The minimum atomic E-state index is -0.839. The van der Waals surface area contributed by atoms with Crippen molar-refractivity contribution >= 4 is 11.9 Å². The number of piperidine rings is 1. The summed E-state index contributed by atoms with van der Waals surface area (Å²) in [6.07, 6.45) is 4.46. The molecule has 2 aromatic rings. The molecule has 114 valence electrons. The summed E-state index contributed by atoms with van der Waals surface area (Å²) >= 11 is 0. The molecule has 0 radical (unpaired) electrons. The molecule has 0 saturated carbocycles. The van der Waals surface area contributed by atoms with E-state index in [-0.39, 0.29) is 12.5 Å². The standard InChI is InChI=1S/C16H17N3O3/c20-15(18-8-4-5-12(10-18)16(21)22)14-9-17-11-19(14)13-6-2-1-3-7-13/h1-3,6-7,9,11-12H,4-5,8,10H2,(H,21,22)/t12-/m1/s1. The first-order valence-electron chi connectivity index (χ1n) is 7.26. The summed E-state index contributed by atoms with van der Waals surface area (Å²) < 4.78 is 1.73. The van der Waals surface area contributed by atoms with Crippen molar-refractivity contribution in [2.75, 3.05) is 13.1 Å². The van der Waals surface area contributed by atoms with Crippen LogP contribution in [0.1, 0.15) is 23.3 Å². The number of carboxylic acids is 1. The number of carbonyl (C=O) groups is 2. The third kappa shape index (κ3) is 2.72. The van der Waals surface area contributed by atoms with Crippen LogP contribution >= 0.6 is 0 Å². The Balaban J connectivity index is 1.84. The van der Waals surface area contributed by atoms with Gasteiger partial charge in [-0.1, -0.05) is 18.2 Å². The first-order chi connectivity index (χ1) is 10.7. The highest BCUT2D eigenvalue weighted by atomic mass is 16.4. The fraction of sp³-hybridized carbons (Fsp3) is 0.312. The molecule has 1 aromatic heterocycles. The number of hydrogen-bond donors (Lipinski definition) is 1. The molecule has 1 aliphatic rings. The summed E-state index contributed by atoms with van der Waals surface area (Å²) in [6, 6.07) is 9.49. The largest absolute Gasteiger partial charge is 0.481 e. The summed E-state index contributed by atoms with van der Waals surface area (Å²) in [5.41, 5.74) is 1.31. The van der Waals surface area contributed by atoms with Gasteiger partial charge < -0.3 is 10.0 Å². The number of carbonyl (C=O) groups excluding carboxylic acids is 1. The second-order valence-electron chi connectivity index (χ2n) is 5.41. The summed E-state index contributed by atoms with van der Waals surface area (Å²) in [5, 5.41) is 9.15. The van der Waals surface area contributed by atoms with Crippen LogP contribution in [0.4, 0.5) is 0 Å². The van der Waals surface area contributed by atoms with Crippen LogP contribution < -0.4 is 0 Å². The van der Waals surface area contributed by atoms with Crippen LogP contribution in [0.15, 0.2) is 42.9 Å². The van der Waals surface area contributed by atoms with Crippen LogP contribution in [-0.4, -0.2) is 44.5 Å². The van der Waals surface area contributed by atoms with Gasteiger partial charge in [-0.15, -0.1) is 0 Å². The molecule has 0 spiro atoms. The molecule has 0 aliphatic carbocycles. The smallest absolute Gasteiger partial charge is 0.308 e. The zero-order valence-electron chi connectivity index (χ0n) is 12.1. The van der Waals surface area contributed by atoms with Crippen LogP contribution in [0.3, 0.4) is 0 Å². The lowest BCUT2D eigenvalue weighted by atomic mass is 9.98. The van der Waals surface area contributed by atoms with Gasteiger partial charge in [-0.05, 0) is 25.0 Å². The van der Waals surface area contributed by atoms with Crippen LogP contribution in [0.5, 0.6) is 0 Å². The van der Waals surface area contributed by atoms with Crippen molar-refractivity contribution in [3.8, 4) is 5.69 Å². The molecule has 1 saturated heterocycles. The number of aromatic nitrogens is 2. The molecule has 1 amide bonds. The lowest BCUT2D eigenvalue weighted by Crippen LogP contribution is -2.42. The van der Waals surface area contributed by atoms with E-state index in [9.17, 15) is 9.59 Å². The van der Waals surface area contributed by atoms with Crippen LogP contribution in [-0.2, 0) is 4.79 Å². The zero-order chi connectivity index (χ0) is 15.5. The Kier molecular flexibility index (Phi) is 3.91. The Morgan fingerprint density at radius 3 is 2.73 bits per heavy atom. The van der Waals surface area contributed by atoms with Gasteiger partial charge in [0, 0.05) is 18.8 Å². The normalized spacial score (nSPS) is 18.2. The average molecular weight is 299 g/mol. The number of amides is 1. The third-order valence-corrected chi connectivity index (χ3v) is 3.95. The van der Waals surface area contributed by atoms with E-state index in [1.807, 2.05) is 30.3 Å². The number of hydrogen-bond acceptors (Lipinski definition) is 3. The Morgan fingerprint density at radius 2 is 2.00 bits per heavy atom. The molecular weight excluding hydrogens is 282 g/mol. The predicted molar refractivity (Wildman–Crippen MR) is 79.8 cm³/mol. The van der Waals surface area contributed by atoms with Crippen LogP contribution in [0.25, 0.3) is 5.69 Å². The number of likely N-dealkylation sites (tertiary alicyclic amines) is 1. The van der Waals surface area contributed by atoms with Crippen molar-refractivity contribution in [3.05, 3.63) is 48.5 Å². The summed E-state index contributed by atoms with van der Waals surface area (Å²) in [7, 11) is 0. The van der Waals surface area contributed by atoms with E-state index in [0.29, 0.717) is 25.1 Å². The van der Waals surface area contributed by atoms with E-state index in [2.05, 4.69) is 4.98 Å². The third-order valence-electron chi connectivity index (χ3n) is 3.95. The molecule has 6 nitrogen and oxygen atoms in total.